The smallest absolute Gasteiger partial charge is 0.253 e. The van der Waals surface area contributed by atoms with Crippen LogP contribution in [0.4, 0.5) is 0 Å². The largest absolute Gasteiger partial charge is 0.497 e. The van der Waals surface area contributed by atoms with E-state index in [4.69, 9.17) is 9.47 Å². The summed E-state index contributed by atoms with van der Waals surface area (Å²) >= 11 is 0. The van der Waals surface area contributed by atoms with Crippen LogP contribution >= 0.6 is 0 Å². The lowest BCUT2D eigenvalue weighted by Gasteiger charge is -2.62. The average molecular weight is 424 g/mol. The molecule has 1 aromatic rings. The van der Waals surface area contributed by atoms with Gasteiger partial charge in [-0.25, -0.2) is 8.42 Å². The summed E-state index contributed by atoms with van der Waals surface area (Å²) in [5.41, 5.74) is 0.288. The summed E-state index contributed by atoms with van der Waals surface area (Å²) in [6.07, 6.45) is 0.605. The number of rotatable bonds is 5. The monoisotopic (exact) mass is 423 g/mol. The van der Waals surface area contributed by atoms with Crippen LogP contribution in [0.15, 0.2) is 24.3 Å². The molecule has 0 saturated carbocycles. The van der Waals surface area contributed by atoms with E-state index in [1.54, 1.807) is 35.7 Å². The maximum absolute atomic E-state index is 13.2. The number of nitrogens with zero attached hydrogens (tertiary/aromatic N) is 3. The van der Waals surface area contributed by atoms with E-state index < -0.39 is 10.0 Å². The summed E-state index contributed by atoms with van der Waals surface area (Å²) in [5, 5.41) is 0. The predicted molar refractivity (Wildman–Crippen MR) is 109 cm³/mol. The Morgan fingerprint density at radius 2 is 1.97 bits per heavy atom. The lowest BCUT2D eigenvalue weighted by atomic mass is 9.84. The van der Waals surface area contributed by atoms with Crippen LogP contribution in [0.5, 0.6) is 5.75 Å². The van der Waals surface area contributed by atoms with Crippen molar-refractivity contribution < 1.29 is 22.7 Å². The molecular weight excluding hydrogens is 394 g/mol. The first-order valence-corrected chi connectivity index (χ1v) is 11.7. The van der Waals surface area contributed by atoms with E-state index in [1.807, 2.05) is 11.8 Å². The van der Waals surface area contributed by atoms with E-state index in [2.05, 4.69) is 4.90 Å². The second-order valence-electron chi connectivity index (χ2n) is 8.14. The fourth-order valence-corrected chi connectivity index (χ4v) is 6.39. The minimum atomic E-state index is -3.23. The number of benzene rings is 1. The van der Waals surface area contributed by atoms with Crippen molar-refractivity contribution in [2.75, 3.05) is 58.8 Å². The number of fused-ring (bicyclic) bond motifs is 2. The van der Waals surface area contributed by atoms with Crippen LogP contribution < -0.4 is 4.74 Å². The molecule has 0 aliphatic carbocycles. The highest BCUT2D eigenvalue weighted by Crippen LogP contribution is 2.37. The Hall–Kier alpha value is -1.68. The first kappa shape index (κ1) is 20.6. The van der Waals surface area contributed by atoms with Gasteiger partial charge in [-0.3, -0.25) is 9.69 Å². The molecule has 1 amide bonds. The highest BCUT2D eigenvalue weighted by Gasteiger charge is 2.57. The third kappa shape index (κ3) is 3.76. The Balaban J connectivity index is 1.54. The molecule has 29 heavy (non-hydrogen) atoms. The van der Waals surface area contributed by atoms with E-state index in [1.165, 1.54) is 0 Å². The van der Waals surface area contributed by atoms with Gasteiger partial charge in [0.2, 0.25) is 10.0 Å². The van der Waals surface area contributed by atoms with Gasteiger partial charge in [-0.15, -0.1) is 0 Å². The number of sulfonamides is 1. The standard InChI is InChI=1S/C20H29N3O5S/c1-3-10-29(25,26)22-14-20(15-22)13-21(11-17-12-28-9-8-23(17)20)19(24)16-4-6-18(27-2)7-5-16/h4-7,17H,3,8-15H2,1-2H3. The molecule has 3 heterocycles. The van der Waals surface area contributed by atoms with Gasteiger partial charge in [0.05, 0.1) is 37.7 Å². The van der Waals surface area contributed by atoms with Gasteiger partial charge in [0, 0.05) is 38.3 Å². The number of carbonyl (C=O) groups is 1. The summed E-state index contributed by atoms with van der Waals surface area (Å²) in [4.78, 5) is 17.4. The zero-order chi connectivity index (χ0) is 20.6. The number of hydrogen-bond acceptors (Lipinski definition) is 6. The number of ether oxygens (including phenoxy) is 2. The van der Waals surface area contributed by atoms with E-state index in [0.29, 0.717) is 57.1 Å². The average Bonchev–Trinajstić information content (AvgIpc) is 2.70. The Labute approximate surface area is 172 Å². The molecule has 9 heteroatoms. The van der Waals surface area contributed by atoms with Crippen molar-refractivity contribution in [3.63, 3.8) is 0 Å². The molecule has 0 radical (unpaired) electrons. The summed E-state index contributed by atoms with van der Waals surface area (Å²) in [5.74, 6) is 0.843. The van der Waals surface area contributed by atoms with Crippen LogP contribution in [0.25, 0.3) is 0 Å². The van der Waals surface area contributed by atoms with Crippen molar-refractivity contribution in [3.05, 3.63) is 29.8 Å². The molecule has 160 valence electrons. The summed E-state index contributed by atoms with van der Waals surface area (Å²) < 4.78 is 37.4. The second kappa shape index (κ2) is 7.86. The Kier molecular flexibility index (Phi) is 5.58. The molecule has 0 bridgehead atoms. The van der Waals surface area contributed by atoms with Crippen molar-refractivity contribution in [1.82, 2.24) is 14.1 Å². The Morgan fingerprint density at radius 1 is 1.24 bits per heavy atom. The molecule has 8 nitrogen and oxygen atoms in total. The molecule has 4 rings (SSSR count). The Bertz CT molecular complexity index is 851. The lowest BCUT2D eigenvalue weighted by Crippen LogP contribution is -2.81. The molecule has 1 spiro atoms. The third-order valence-corrected chi connectivity index (χ3v) is 8.14. The minimum Gasteiger partial charge on any atom is -0.497 e. The number of morpholine rings is 1. The van der Waals surface area contributed by atoms with E-state index >= 15 is 0 Å². The van der Waals surface area contributed by atoms with Gasteiger partial charge >= 0.3 is 0 Å². The first-order chi connectivity index (χ1) is 13.9. The van der Waals surface area contributed by atoms with Gasteiger partial charge in [0.25, 0.3) is 5.91 Å². The molecule has 3 fully saturated rings. The van der Waals surface area contributed by atoms with Crippen molar-refractivity contribution >= 4 is 15.9 Å². The fourth-order valence-electron chi connectivity index (χ4n) is 4.74. The maximum Gasteiger partial charge on any atom is 0.253 e. The number of amides is 1. The molecular formula is C20H29N3O5S. The predicted octanol–water partition coefficient (Wildman–Crippen LogP) is 0.646. The number of methoxy groups -OCH3 is 1. The molecule has 1 aromatic carbocycles. The summed E-state index contributed by atoms with van der Waals surface area (Å²) in [6, 6.07) is 7.21. The molecule has 3 saturated heterocycles. The van der Waals surface area contributed by atoms with Crippen molar-refractivity contribution in [1.29, 1.82) is 0 Å². The van der Waals surface area contributed by atoms with Crippen LogP contribution in [-0.4, -0.2) is 98.8 Å². The van der Waals surface area contributed by atoms with Crippen molar-refractivity contribution in [2.24, 2.45) is 0 Å². The molecule has 0 aromatic heterocycles. The highest BCUT2D eigenvalue weighted by atomic mass is 32.2. The van der Waals surface area contributed by atoms with Crippen molar-refractivity contribution in [2.45, 2.75) is 24.9 Å². The van der Waals surface area contributed by atoms with Crippen LogP contribution in [-0.2, 0) is 14.8 Å². The molecule has 1 atom stereocenters. The van der Waals surface area contributed by atoms with Gasteiger partial charge in [0.15, 0.2) is 0 Å². The van der Waals surface area contributed by atoms with Crippen molar-refractivity contribution in [3.8, 4) is 5.75 Å². The zero-order valence-corrected chi connectivity index (χ0v) is 17.9. The second-order valence-corrected chi connectivity index (χ2v) is 10.2. The SMILES string of the molecule is CCCS(=O)(=O)N1CC2(CN(C(=O)c3ccc(OC)cc3)CC3COCCN32)C1. The molecule has 3 aliphatic heterocycles. The fraction of sp³-hybridized carbons (Fsp3) is 0.650. The molecule has 0 N–H and O–H groups in total. The van der Waals surface area contributed by atoms with Gasteiger partial charge < -0.3 is 14.4 Å². The van der Waals surface area contributed by atoms with Gasteiger partial charge in [-0.05, 0) is 30.7 Å². The highest BCUT2D eigenvalue weighted by molar-refractivity contribution is 7.89. The maximum atomic E-state index is 13.2. The normalized spacial score (nSPS) is 24.8. The minimum absolute atomic E-state index is 0.0351. The number of carbonyl (C=O) groups excluding carboxylic acids is 1. The third-order valence-electron chi connectivity index (χ3n) is 6.17. The lowest BCUT2D eigenvalue weighted by molar-refractivity contribution is -0.141. The number of hydrogen-bond donors (Lipinski definition) is 0. The van der Waals surface area contributed by atoms with E-state index in [9.17, 15) is 13.2 Å². The molecule has 1 unspecified atom stereocenters. The van der Waals surface area contributed by atoms with Gasteiger partial charge in [0.1, 0.15) is 5.75 Å². The topological polar surface area (TPSA) is 79.4 Å². The van der Waals surface area contributed by atoms with E-state index in [0.717, 1.165) is 6.54 Å². The van der Waals surface area contributed by atoms with Gasteiger partial charge in [-0.2, -0.15) is 4.31 Å². The first-order valence-electron chi connectivity index (χ1n) is 10.1. The van der Waals surface area contributed by atoms with Crippen LogP contribution in [0.1, 0.15) is 23.7 Å². The van der Waals surface area contributed by atoms with Gasteiger partial charge in [-0.1, -0.05) is 6.92 Å². The number of piperazine rings is 1. The van der Waals surface area contributed by atoms with Crippen LogP contribution in [0.3, 0.4) is 0 Å². The quantitative estimate of drug-likeness (QED) is 0.692. The summed E-state index contributed by atoms with van der Waals surface area (Å²) in [6.45, 7) is 5.87. The zero-order valence-electron chi connectivity index (χ0n) is 17.0. The van der Waals surface area contributed by atoms with E-state index in [-0.39, 0.29) is 23.2 Å². The van der Waals surface area contributed by atoms with Crippen LogP contribution in [0, 0.1) is 0 Å². The summed E-state index contributed by atoms with van der Waals surface area (Å²) in [7, 11) is -1.63. The Morgan fingerprint density at radius 3 is 2.62 bits per heavy atom. The van der Waals surface area contributed by atoms with Crippen LogP contribution in [0.2, 0.25) is 0 Å². The molecule has 3 aliphatic rings.